The third kappa shape index (κ3) is 3.87. The fourth-order valence-electron chi connectivity index (χ4n) is 1.79. The number of aromatic nitrogens is 2. The van der Waals surface area contributed by atoms with Crippen LogP contribution in [0.1, 0.15) is 18.4 Å². The second kappa shape index (κ2) is 5.99. The van der Waals surface area contributed by atoms with Gasteiger partial charge in [0, 0.05) is 31.8 Å². The van der Waals surface area contributed by atoms with E-state index in [4.69, 9.17) is 0 Å². The third-order valence-electron chi connectivity index (χ3n) is 2.68. The van der Waals surface area contributed by atoms with Gasteiger partial charge < -0.3 is 4.57 Å². The van der Waals surface area contributed by atoms with Crippen molar-refractivity contribution < 1.29 is 4.79 Å². The lowest BCUT2D eigenvalue weighted by Gasteiger charge is -2.02. The van der Waals surface area contributed by atoms with Gasteiger partial charge in [-0.1, -0.05) is 30.3 Å². The van der Waals surface area contributed by atoms with Crippen LogP contribution in [0, 0.1) is 0 Å². The summed E-state index contributed by atoms with van der Waals surface area (Å²) in [6, 6.07) is 9.89. The zero-order chi connectivity index (χ0) is 11.9. The lowest BCUT2D eigenvalue weighted by molar-refractivity contribution is -0.118. The lowest BCUT2D eigenvalue weighted by Crippen LogP contribution is -2.04. The predicted octanol–water partition coefficient (Wildman–Crippen LogP) is 2.48. The molecule has 17 heavy (non-hydrogen) atoms. The summed E-state index contributed by atoms with van der Waals surface area (Å²) in [5.74, 6) is 0.302. The molecule has 1 aromatic heterocycles. The molecular weight excluding hydrogens is 212 g/mol. The van der Waals surface area contributed by atoms with Crippen molar-refractivity contribution in [1.82, 2.24) is 9.55 Å². The molecule has 0 saturated carbocycles. The highest BCUT2D eigenvalue weighted by Crippen LogP contribution is 2.04. The van der Waals surface area contributed by atoms with Crippen LogP contribution in [0.2, 0.25) is 0 Å². The average Bonchev–Trinajstić information content (AvgIpc) is 2.83. The van der Waals surface area contributed by atoms with Crippen LogP contribution in [-0.2, 0) is 17.8 Å². The molecule has 0 aliphatic heterocycles. The number of imidazole rings is 1. The molecule has 0 N–H and O–H groups in total. The maximum absolute atomic E-state index is 11.7. The molecule has 3 nitrogen and oxygen atoms in total. The van der Waals surface area contributed by atoms with Crippen molar-refractivity contribution in [3.8, 4) is 0 Å². The lowest BCUT2D eigenvalue weighted by atomic mass is 10.1. The Morgan fingerprint density at radius 2 is 2.06 bits per heavy atom. The Hall–Kier alpha value is -1.90. The van der Waals surface area contributed by atoms with Crippen molar-refractivity contribution in [3.63, 3.8) is 0 Å². The number of hydrogen-bond donors (Lipinski definition) is 0. The first-order valence-electron chi connectivity index (χ1n) is 5.86. The number of nitrogens with zero attached hydrogens (tertiary/aromatic N) is 2. The molecule has 88 valence electrons. The Morgan fingerprint density at radius 3 is 2.76 bits per heavy atom. The molecule has 1 aromatic carbocycles. The normalized spacial score (nSPS) is 10.4. The minimum absolute atomic E-state index is 0.302. The molecule has 0 amide bonds. The zero-order valence-corrected chi connectivity index (χ0v) is 9.75. The van der Waals surface area contributed by atoms with Gasteiger partial charge in [-0.05, 0) is 12.0 Å². The first-order chi connectivity index (χ1) is 8.34. The van der Waals surface area contributed by atoms with Crippen molar-refractivity contribution >= 4 is 5.78 Å². The third-order valence-corrected chi connectivity index (χ3v) is 2.68. The number of ketones is 1. The van der Waals surface area contributed by atoms with E-state index in [0.717, 1.165) is 18.5 Å². The molecule has 0 aliphatic carbocycles. The fourth-order valence-corrected chi connectivity index (χ4v) is 1.79. The first kappa shape index (κ1) is 11.6. The molecule has 0 radical (unpaired) electrons. The largest absolute Gasteiger partial charge is 0.337 e. The van der Waals surface area contributed by atoms with Gasteiger partial charge in [-0.25, -0.2) is 4.98 Å². The summed E-state index contributed by atoms with van der Waals surface area (Å²) in [5, 5.41) is 0. The molecule has 0 fully saturated rings. The number of carbonyl (C=O) groups is 1. The van der Waals surface area contributed by atoms with Gasteiger partial charge in [-0.15, -0.1) is 0 Å². The number of rotatable bonds is 6. The van der Waals surface area contributed by atoms with Gasteiger partial charge in [0.25, 0.3) is 0 Å². The Labute approximate surface area is 101 Å². The van der Waals surface area contributed by atoms with Gasteiger partial charge in [-0.2, -0.15) is 0 Å². The molecule has 0 saturated heterocycles. The summed E-state index contributed by atoms with van der Waals surface area (Å²) in [5.41, 5.74) is 1.10. The van der Waals surface area contributed by atoms with E-state index >= 15 is 0 Å². The molecular formula is C14H16N2O. The van der Waals surface area contributed by atoms with Gasteiger partial charge in [0.05, 0.1) is 6.33 Å². The highest BCUT2D eigenvalue weighted by atomic mass is 16.1. The van der Waals surface area contributed by atoms with Gasteiger partial charge in [-0.3, -0.25) is 4.79 Å². The quantitative estimate of drug-likeness (QED) is 0.761. The van der Waals surface area contributed by atoms with E-state index < -0.39 is 0 Å². The van der Waals surface area contributed by atoms with E-state index in [0.29, 0.717) is 18.6 Å². The standard InChI is InChI=1S/C14H16N2O/c17-14(11-13-5-2-1-3-6-13)7-4-9-16-10-8-15-12-16/h1-3,5-6,8,10,12H,4,7,9,11H2. The molecule has 0 unspecified atom stereocenters. The van der Waals surface area contributed by atoms with Crippen LogP contribution in [0.4, 0.5) is 0 Å². The van der Waals surface area contributed by atoms with Crippen LogP contribution < -0.4 is 0 Å². The van der Waals surface area contributed by atoms with Crippen LogP contribution in [0.15, 0.2) is 49.1 Å². The highest BCUT2D eigenvalue weighted by Gasteiger charge is 2.03. The van der Waals surface area contributed by atoms with Crippen LogP contribution in [0.3, 0.4) is 0 Å². The van der Waals surface area contributed by atoms with E-state index in [9.17, 15) is 4.79 Å². The van der Waals surface area contributed by atoms with E-state index in [1.54, 1.807) is 12.5 Å². The summed E-state index contributed by atoms with van der Waals surface area (Å²) in [4.78, 5) is 15.7. The summed E-state index contributed by atoms with van der Waals surface area (Å²) in [6.07, 6.45) is 7.51. The number of aryl methyl sites for hydroxylation is 1. The topological polar surface area (TPSA) is 34.9 Å². The number of Topliss-reactive ketones (excluding diaryl/α,β-unsaturated/α-hetero) is 1. The maximum Gasteiger partial charge on any atom is 0.137 e. The zero-order valence-electron chi connectivity index (χ0n) is 9.75. The molecule has 0 spiro atoms. The van der Waals surface area contributed by atoms with Crippen molar-refractivity contribution in [2.24, 2.45) is 0 Å². The molecule has 0 bridgehead atoms. The molecule has 1 heterocycles. The number of benzene rings is 1. The monoisotopic (exact) mass is 228 g/mol. The summed E-state index contributed by atoms with van der Waals surface area (Å²) in [7, 11) is 0. The van der Waals surface area contributed by atoms with Crippen LogP contribution >= 0.6 is 0 Å². The highest BCUT2D eigenvalue weighted by molar-refractivity contribution is 5.80. The number of hydrogen-bond acceptors (Lipinski definition) is 2. The molecule has 3 heteroatoms. The fraction of sp³-hybridized carbons (Fsp3) is 0.286. The average molecular weight is 228 g/mol. The molecule has 2 aromatic rings. The van der Waals surface area contributed by atoms with Gasteiger partial charge in [0.15, 0.2) is 0 Å². The summed E-state index contributed by atoms with van der Waals surface area (Å²) in [6.45, 7) is 0.862. The van der Waals surface area contributed by atoms with Crippen molar-refractivity contribution in [3.05, 3.63) is 54.6 Å². The van der Waals surface area contributed by atoms with Crippen LogP contribution in [0.5, 0.6) is 0 Å². The summed E-state index contributed by atoms with van der Waals surface area (Å²) >= 11 is 0. The first-order valence-corrected chi connectivity index (χ1v) is 5.86. The van der Waals surface area contributed by atoms with E-state index in [-0.39, 0.29) is 0 Å². The van der Waals surface area contributed by atoms with Gasteiger partial charge in [0.1, 0.15) is 5.78 Å². The molecule has 2 rings (SSSR count). The van der Waals surface area contributed by atoms with Gasteiger partial charge >= 0.3 is 0 Å². The van der Waals surface area contributed by atoms with Crippen molar-refractivity contribution in [2.75, 3.05) is 0 Å². The van der Waals surface area contributed by atoms with E-state index in [2.05, 4.69) is 4.98 Å². The Bertz CT molecular complexity index is 448. The second-order valence-corrected chi connectivity index (χ2v) is 4.11. The SMILES string of the molecule is O=C(CCCn1ccnc1)Cc1ccccc1. The molecule has 0 aliphatic rings. The summed E-state index contributed by atoms with van der Waals surface area (Å²) < 4.78 is 2.00. The van der Waals surface area contributed by atoms with E-state index in [1.807, 2.05) is 41.1 Å². The van der Waals surface area contributed by atoms with E-state index in [1.165, 1.54) is 0 Å². The Morgan fingerprint density at radius 1 is 1.24 bits per heavy atom. The second-order valence-electron chi connectivity index (χ2n) is 4.11. The maximum atomic E-state index is 11.7. The Balaban J connectivity index is 1.71. The Kier molecular flexibility index (Phi) is 4.08. The van der Waals surface area contributed by atoms with Crippen molar-refractivity contribution in [2.45, 2.75) is 25.8 Å². The van der Waals surface area contributed by atoms with Gasteiger partial charge in [0.2, 0.25) is 0 Å². The minimum atomic E-state index is 0.302. The number of carbonyl (C=O) groups excluding carboxylic acids is 1. The predicted molar refractivity (Wildman–Crippen MR) is 66.6 cm³/mol. The molecule has 0 atom stereocenters. The van der Waals surface area contributed by atoms with Crippen LogP contribution in [-0.4, -0.2) is 15.3 Å². The smallest absolute Gasteiger partial charge is 0.137 e. The van der Waals surface area contributed by atoms with Crippen LogP contribution in [0.25, 0.3) is 0 Å². The van der Waals surface area contributed by atoms with Crippen molar-refractivity contribution in [1.29, 1.82) is 0 Å². The minimum Gasteiger partial charge on any atom is -0.337 e.